The molecule has 0 aromatic heterocycles. The summed E-state index contributed by atoms with van der Waals surface area (Å²) in [6.45, 7) is 0. The molecule has 0 spiro atoms. The van der Waals surface area contributed by atoms with Crippen LogP contribution in [0.3, 0.4) is 0 Å². The van der Waals surface area contributed by atoms with Crippen LogP contribution in [0.1, 0.15) is 11.1 Å². The highest BCUT2D eigenvalue weighted by Gasteiger charge is 2.20. The lowest BCUT2D eigenvalue weighted by Crippen LogP contribution is -2.18. The second-order valence-corrected chi connectivity index (χ2v) is 5.05. The predicted octanol–water partition coefficient (Wildman–Crippen LogP) is 3.90. The number of ether oxygens (including phenoxy) is 2. The highest BCUT2D eigenvalue weighted by molar-refractivity contribution is 9.08. The minimum Gasteiger partial charge on any atom is -0.464 e. The Balaban J connectivity index is 2.40. The van der Waals surface area contributed by atoms with Gasteiger partial charge in [-0.1, -0.05) is 45.4 Å². The molecule has 0 radical (unpaired) electrons. The molecule has 0 heterocycles. The molecule has 0 bridgehead atoms. The Morgan fingerprint density at radius 1 is 1.13 bits per heavy atom. The van der Waals surface area contributed by atoms with Gasteiger partial charge in [-0.3, -0.25) is 0 Å². The summed E-state index contributed by atoms with van der Waals surface area (Å²) in [4.78, 5) is 16.7. The lowest BCUT2D eigenvalue weighted by Gasteiger charge is -2.12. The Labute approximate surface area is 143 Å². The molecule has 0 atom stereocenters. The number of alkyl halides is 1. The largest absolute Gasteiger partial charge is 0.464 e. The van der Waals surface area contributed by atoms with Gasteiger partial charge < -0.3 is 14.3 Å². The molecule has 5 nitrogen and oxygen atoms in total. The standard InChI is InChI=1S/C17H16BrNO4/c1-21-17(20)16(19-22-2)14-8-3-4-9-15(14)23-13-7-5-6-12(10-13)11-18/h3-10H,11H2,1-2H3/b19-16-. The van der Waals surface area contributed by atoms with Gasteiger partial charge in [0.15, 0.2) is 5.71 Å². The summed E-state index contributed by atoms with van der Waals surface area (Å²) in [6.07, 6.45) is 0. The van der Waals surface area contributed by atoms with Crippen molar-refractivity contribution < 1.29 is 19.1 Å². The molecule has 0 fully saturated rings. The molecule has 2 aromatic carbocycles. The van der Waals surface area contributed by atoms with Crippen molar-refractivity contribution in [2.75, 3.05) is 14.2 Å². The summed E-state index contributed by atoms with van der Waals surface area (Å²) in [5, 5.41) is 4.48. The Hall–Kier alpha value is -2.34. The zero-order valence-electron chi connectivity index (χ0n) is 12.8. The van der Waals surface area contributed by atoms with E-state index in [0.29, 0.717) is 17.1 Å². The van der Waals surface area contributed by atoms with Crippen LogP contribution in [0.25, 0.3) is 0 Å². The van der Waals surface area contributed by atoms with Crippen molar-refractivity contribution in [1.29, 1.82) is 0 Å². The van der Waals surface area contributed by atoms with Crippen LogP contribution in [0.15, 0.2) is 53.7 Å². The fourth-order valence-corrected chi connectivity index (χ4v) is 2.30. The molecule has 23 heavy (non-hydrogen) atoms. The molecule has 0 aliphatic heterocycles. The SMILES string of the molecule is CO/N=C(\C(=O)OC)c1ccccc1Oc1cccc(CBr)c1. The average Bonchev–Trinajstić information content (AvgIpc) is 2.60. The number of hydrogen-bond donors (Lipinski definition) is 0. The van der Waals surface area contributed by atoms with E-state index in [1.165, 1.54) is 14.2 Å². The summed E-state index contributed by atoms with van der Waals surface area (Å²) in [5.41, 5.74) is 1.62. The van der Waals surface area contributed by atoms with Crippen molar-refractivity contribution in [3.8, 4) is 11.5 Å². The molecule has 0 saturated carbocycles. The van der Waals surface area contributed by atoms with Crippen molar-refractivity contribution in [3.63, 3.8) is 0 Å². The Bertz CT molecular complexity index is 715. The zero-order chi connectivity index (χ0) is 16.7. The van der Waals surface area contributed by atoms with Crippen LogP contribution < -0.4 is 4.74 Å². The van der Waals surface area contributed by atoms with Crippen LogP contribution in [0.4, 0.5) is 0 Å². The fourth-order valence-electron chi connectivity index (χ4n) is 1.95. The monoisotopic (exact) mass is 377 g/mol. The number of halogens is 1. The second-order valence-electron chi connectivity index (χ2n) is 4.49. The van der Waals surface area contributed by atoms with Gasteiger partial charge >= 0.3 is 5.97 Å². The first-order valence-corrected chi connectivity index (χ1v) is 7.93. The van der Waals surface area contributed by atoms with Gasteiger partial charge in [0.1, 0.15) is 18.6 Å². The number of methoxy groups -OCH3 is 1. The third-order valence-electron chi connectivity index (χ3n) is 2.98. The molecule has 0 aliphatic carbocycles. The third-order valence-corrected chi connectivity index (χ3v) is 3.63. The van der Waals surface area contributed by atoms with E-state index in [4.69, 9.17) is 14.3 Å². The molecule has 0 aliphatic rings. The van der Waals surface area contributed by atoms with Gasteiger partial charge in [-0.15, -0.1) is 0 Å². The van der Waals surface area contributed by atoms with Gasteiger partial charge in [-0.2, -0.15) is 0 Å². The van der Waals surface area contributed by atoms with Gasteiger partial charge in [0.05, 0.1) is 12.7 Å². The predicted molar refractivity (Wildman–Crippen MR) is 91.2 cm³/mol. The molecule has 120 valence electrons. The van der Waals surface area contributed by atoms with E-state index in [9.17, 15) is 4.79 Å². The number of carbonyl (C=O) groups is 1. The van der Waals surface area contributed by atoms with Crippen LogP contribution in [0.2, 0.25) is 0 Å². The number of rotatable bonds is 6. The summed E-state index contributed by atoms with van der Waals surface area (Å²) in [5.74, 6) is 0.550. The highest BCUT2D eigenvalue weighted by Crippen LogP contribution is 2.27. The van der Waals surface area contributed by atoms with Gasteiger partial charge in [-0.05, 0) is 29.8 Å². The smallest absolute Gasteiger partial charge is 0.360 e. The Kier molecular flexibility index (Phi) is 6.17. The number of benzene rings is 2. The Morgan fingerprint density at radius 2 is 1.91 bits per heavy atom. The molecule has 2 rings (SSSR count). The van der Waals surface area contributed by atoms with Crippen LogP contribution >= 0.6 is 15.9 Å². The second kappa shape index (κ2) is 8.33. The number of hydrogen-bond acceptors (Lipinski definition) is 5. The first kappa shape index (κ1) is 17.0. The summed E-state index contributed by atoms with van der Waals surface area (Å²) in [7, 11) is 2.66. The first-order valence-electron chi connectivity index (χ1n) is 6.81. The van der Waals surface area contributed by atoms with E-state index in [-0.39, 0.29) is 5.71 Å². The summed E-state index contributed by atoms with van der Waals surface area (Å²) in [6, 6.07) is 14.7. The Morgan fingerprint density at radius 3 is 2.61 bits per heavy atom. The molecule has 0 saturated heterocycles. The topological polar surface area (TPSA) is 57.1 Å². The number of nitrogens with zero attached hydrogens (tertiary/aromatic N) is 1. The van der Waals surface area contributed by atoms with Crippen molar-refractivity contribution >= 4 is 27.6 Å². The van der Waals surface area contributed by atoms with Crippen LogP contribution in [0, 0.1) is 0 Å². The minimum atomic E-state index is -0.600. The first-order chi connectivity index (χ1) is 11.2. The highest BCUT2D eigenvalue weighted by atomic mass is 79.9. The molecule has 0 amide bonds. The van der Waals surface area contributed by atoms with E-state index in [1.807, 2.05) is 30.3 Å². The van der Waals surface area contributed by atoms with Gasteiger partial charge in [0.2, 0.25) is 0 Å². The molecule has 2 aromatic rings. The van der Waals surface area contributed by atoms with Crippen LogP contribution in [0.5, 0.6) is 11.5 Å². The van der Waals surface area contributed by atoms with E-state index < -0.39 is 5.97 Å². The lowest BCUT2D eigenvalue weighted by atomic mass is 10.1. The molecule has 0 N–H and O–H groups in total. The fraction of sp³-hybridized carbons (Fsp3) is 0.176. The molecule has 6 heteroatoms. The summed E-state index contributed by atoms with van der Waals surface area (Å²) < 4.78 is 10.7. The van der Waals surface area contributed by atoms with E-state index in [2.05, 4.69) is 21.1 Å². The summed E-state index contributed by atoms with van der Waals surface area (Å²) >= 11 is 3.41. The van der Waals surface area contributed by atoms with Crippen LogP contribution in [-0.4, -0.2) is 25.9 Å². The van der Waals surface area contributed by atoms with Crippen molar-refractivity contribution in [2.24, 2.45) is 5.16 Å². The van der Waals surface area contributed by atoms with Crippen molar-refractivity contribution in [1.82, 2.24) is 0 Å². The third kappa shape index (κ3) is 4.32. The maximum absolute atomic E-state index is 11.9. The molecular formula is C17H16BrNO4. The van der Waals surface area contributed by atoms with Crippen molar-refractivity contribution in [3.05, 3.63) is 59.7 Å². The maximum Gasteiger partial charge on any atom is 0.360 e. The van der Waals surface area contributed by atoms with Gasteiger partial charge in [0, 0.05) is 5.33 Å². The minimum absolute atomic E-state index is 0.0437. The van der Waals surface area contributed by atoms with E-state index >= 15 is 0 Å². The molecular weight excluding hydrogens is 362 g/mol. The molecule has 0 unspecified atom stereocenters. The number of esters is 1. The number of oxime groups is 1. The van der Waals surface area contributed by atoms with Gasteiger partial charge in [0.25, 0.3) is 0 Å². The normalized spacial score (nSPS) is 11.0. The lowest BCUT2D eigenvalue weighted by molar-refractivity contribution is -0.132. The zero-order valence-corrected chi connectivity index (χ0v) is 14.4. The average molecular weight is 378 g/mol. The quantitative estimate of drug-likeness (QED) is 0.331. The number of carbonyl (C=O) groups excluding carboxylic acids is 1. The van der Waals surface area contributed by atoms with Crippen molar-refractivity contribution in [2.45, 2.75) is 5.33 Å². The van der Waals surface area contributed by atoms with E-state index in [1.54, 1.807) is 18.2 Å². The van der Waals surface area contributed by atoms with E-state index in [0.717, 1.165) is 10.9 Å². The maximum atomic E-state index is 11.9. The number of para-hydroxylation sites is 1. The van der Waals surface area contributed by atoms with Gasteiger partial charge in [-0.25, -0.2) is 4.79 Å². The van der Waals surface area contributed by atoms with Crippen LogP contribution in [-0.2, 0) is 19.7 Å².